The highest BCUT2D eigenvalue weighted by molar-refractivity contribution is 8.25. The van der Waals surface area contributed by atoms with E-state index in [0.717, 1.165) is 14.3 Å². The first-order valence-electron chi connectivity index (χ1n) is 5.45. The molecule has 0 spiro atoms. The summed E-state index contributed by atoms with van der Waals surface area (Å²) in [6, 6.07) is 6.25. The van der Waals surface area contributed by atoms with Gasteiger partial charge in [0, 0.05) is 23.0 Å². The van der Waals surface area contributed by atoms with Crippen molar-refractivity contribution in [2.75, 3.05) is 5.75 Å². The molecule has 3 heterocycles. The summed E-state index contributed by atoms with van der Waals surface area (Å²) in [5, 5.41) is 9.70. The van der Waals surface area contributed by atoms with Crippen molar-refractivity contribution >= 4 is 52.2 Å². The van der Waals surface area contributed by atoms with Gasteiger partial charge in [-0.2, -0.15) is 5.26 Å². The number of rotatable bonds is 2. The Morgan fingerprint density at radius 2 is 2.42 bits per heavy atom. The molecular weight excluding hydrogens is 318 g/mol. The lowest BCUT2D eigenvalue weighted by molar-refractivity contribution is 1.10. The Morgan fingerprint density at radius 1 is 1.53 bits per heavy atom. The van der Waals surface area contributed by atoms with E-state index in [2.05, 4.69) is 17.1 Å². The minimum Gasteiger partial charge on any atom is -0.296 e. The van der Waals surface area contributed by atoms with Crippen molar-refractivity contribution in [1.29, 1.82) is 5.26 Å². The summed E-state index contributed by atoms with van der Waals surface area (Å²) < 4.78 is 3.63. The molecule has 0 bridgehead atoms. The maximum atomic E-state index is 9.32. The summed E-state index contributed by atoms with van der Waals surface area (Å²) in [6.45, 7) is 0. The Hall–Kier alpha value is -0.870. The van der Waals surface area contributed by atoms with E-state index in [4.69, 9.17) is 11.6 Å². The monoisotopic (exact) mass is 325 g/mol. The summed E-state index contributed by atoms with van der Waals surface area (Å²) in [6.07, 6.45) is 5.13. The molecule has 19 heavy (non-hydrogen) atoms. The number of aromatic nitrogens is 2. The van der Waals surface area contributed by atoms with Crippen LogP contribution in [0.4, 0.5) is 0 Å². The highest BCUT2D eigenvalue weighted by atomic mass is 35.5. The van der Waals surface area contributed by atoms with Gasteiger partial charge in [0.25, 0.3) is 0 Å². The average molecular weight is 326 g/mol. The van der Waals surface area contributed by atoms with Gasteiger partial charge in [-0.15, -0.1) is 34.9 Å². The Balaban J connectivity index is 1.87. The quantitative estimate of drug-likeness (QED) is 0.764. The number of nitrogens with zero attached hydrogens (tertiary/aromatic N) is 3. The molecule has 3 rings (SSSR count). The lowest BCUT2D eigenvalue weighted by Crippen LogP contribution is -1.92. The molecule has 1 unspecified atom stereocenters. The van der Waals surface area contributed by atoms with Gasteiger partial charge < -0.3 is 0 Å². The van der Waals surface area contributed by atoms with Crippen molar-refractivity contribution in [2.45, 2.75) is 5.25 Å². The first-order valence-corrected chi connectivity index (χ1v) is 8.51. The van der Waals surface area contributed by atoms with Gasteiger partial charge in [0.15, 0.2) is 0 Å². The molecule has 96 valence electrons. The SMILES string of the molecule is N#C/C(=C1/SCC(c2ccc(Cl)s2)S1)n1ccnc1. The van der Waals surface area contributed by atoms with Crippen molar-refractivity contribution in [3.05, 3.63) is 44.3 Å². The van der Waals surface area contributed by atoms with Gasteiger partial charge in [0.2, 0.25) is 0 Å². The second-order valence-corrected chi connectivity index (χ2v) is 8.03. The van der Waals surface area contributed by atoms with E-state index >= 15 is 0 Å². The van der Waals surface area contributed by atoms with Crippen LogP contribution in [0.5, 0.6) is 0 Å². The number of thioether (sulfide) groups is 2. The van der Waals surface area contributed by atoms with Crippen LogP contribution in [0.15, 0.2) is 35.1 Å². The zero-order valence-corrected chi connectivity index (χ0v) is 12.8. The molecule has 0 aliphatic carbocycles. The van der Waals surface area contributed by atoms with Gasteiger partial charge in [-0.05, 0) is 12.1 Å². The predicted octanol–water partition coefficient (Wildman–Crippen LogP) is 4.47. The highest BCUT2D eigenvalue weighted by Gasteiger charge is 2.27. The van der Waals surface area contributed by atoms with Crippen LogP contribution in [0.1, 0.15) is 10.1 Å². The third-order valence-corrected chi connectivity index (χ3v) is 7.00. The molecular formula is C12H8ClN3S3. The van der Waals surface area contributed by atoms with Crippen LogP contribution < -0.4 is 0 Å². The van der Waals surface area contributed by atoms with Crippen molar-refractivity contribution in [1.82, 2.24) is 9.55 Å². The number of imidazole rings is 1. The molecule has 1 saturated heterocycles. The fourth-order valence-corrected chi connectivity index (χ4v) is 5.94. The Bertz CT molecular complexity index is 654. The van der Waals surface area contributed by atoms with Crippen LogP contribution in [-0.2, 0) is 0 Å². The third-order valence-electron chi connectivity index (χ3n) is 2.59. The largest absolute Gasteiger partial charge is 0.296 e. The normalized spacial score (nSPS) is 21.4. The van der Waals surface area contributed by atoms with Crippen LogP contribution in [0.3, 0.4) is 0 Å². The molecule has 0 saturated carbocycles. The summed E-state index contributed by atoms with van der Waals surface area (Å²) in [7, 11) is 0. The molecule has 7 heteroatoms. The number of hydrogen-bond acceptors (Lipinski definition) is 5. The number of nitriles is 1. The lowest BCUT2D eigenvalue weighted by atomic mass is 10.4. The van der Waals surface area contributed by atoms with E-state index in [1.165, 1.54) is 4.88 Å². The van der Waals surface area contributed by atoms with Crippen LogP contribution in [0.25, 0.3) is 5.70 Å². The summed E-state index contributed by atoms with van der Waals surface area (Å²) in [5.74, 6) is 0.969. The Kier molecular flexibility index (Phi) is 3.89. The zero-order chi connectivity index (χ0) is 13.2. The number of thiophene rings is 1. The van der Waals surface area contributed by atoms with E-state index in [9.17, 15) is 5.26 Å². The standard InChI is InChI=1S/C12H8ClN3S3/c13-11-2-1-9(18-11)10-6-17-12(19-10)8(5-14)16-4-3-15-7-16/h1-4,7,10H,6H2/b12-8+. The molecule has 2 aromatic rings. The van der Waals surface area contributed by atoms with Crippen molar-refractivity contribution in [3.8, 4) is 6.07 Å². The van der Waals surface area contributed by atoms with Gasteiger partial charge in [0.1, 0.15) is 11.8 Å². The van der Waals surface area contributed by atoms with Crippen LogP contribution in [0, 0.1) is 11.3 Å². The minimum absolute atomic E-state index is 0.379. The second kappa shape index (κ2) is 5.63. The maximum absolute atomic E-state index is 9.32. The van der Waals surface area contributed by atoms with Crippen LogP contribution in [-0.4, -0.2) is 15.3 Å². The van der Waals surface area contributed by atoms with Gasteiger partial charge >= 0.3 is 0 Å². The molecule has 1 aliphatic rings. The van der Waals surface area contributed by atoms with Crippen LogP contribution >= 0.6 is 46.5 Å². The predicted molar refractivity (Wildman–Crippen MR) is 83.2 cm³/mol. The fraction of sp³-hybridized carbons (Fsp3) is 0.167. The molecule has 1 fully saturated rings. The van der Waals surface area contributed by atoms with Gasteiger partial charge in [-0.3, -0.25) is 4.57 Å². The second-order valence-electron chi connectivity index (χ2n) is 3.78. The average Bonchev–Trinajstić information content (AvgIpc) is 3.10. The van der Waals surface area contributed by atoms with E-state index in [0.29, 0.717) is 10.9 Å². The van der Waals surface area contributed by atoms with Crippen molar-refractivity contribution < 1.29 is 0 Å². The van der Waals surface area contributed by atoms with Gasteiger partial charge in [-0.1, -0.05) is 11.6 Å². The molecule has 0 amide bonds. The van der Waals surface area contributed by atoms with Gasteiger partial charge in [0.05, 0.1) is 20.2 Å². The lowest BCUT2D eigenvalue weighted by Gasteiger charge is -2.04. The maximum Gasteiger partial charge on any atom is 0.145 e. The summed E-state index contributed by atoms with van der Waals surface area (Å²) >= 11 is 11.0. The van der Waals surface area contributed by atoms with Crippen LogP contribution in [0.2, 0.25) is 4.34 Å². The third kappa shape index (κ3) is 2.70. The summed E-state index contributed by atoms with van der Waals surface area (Å²) in [5.41, 5.74) is 0.651. The van der Waals surface area contributed by atoms with E-state index in [1.807, 2.05) is 6.07 Å². The molecule has 3 nitrogen and oxygen atoms in total. The molecule has 1 aliphatic heterocycles. The van der Waals surface area contributed by atoms with Crippen molar-refractivity contribution in [2.24, 2.45) is 0 Å². The number of hydrogen-bond donors (Lipinski definition) is 0. The number of allylic oxidation sites excluding steroid dienone is 1. The zero-order valence-electron chi connectivity index (χ0n) is 9.62. The van der Waals surface area contributed by atoms with E-state index in [-0.39, 0.29) is 0 Å². The molecule has 1 atom stereocenters. The minimum atomic E-state index is 0.379. The Labute approximate surface area is 128 Å². The molecule has 0 N–H and O–H groups in total. The van der Waals surface area contributed by atoms with Crippen molar-refractivity contribution in [3.63, 3.8) is 0 Å². The van der Waals surface area contributed by atoms with Gasteiger partial charge in [-0.25, -0.2) is 4.98 Å². The molecule has 0 radical (unpaired) electrons. The van der Waals surface area contributed by atoms with E-state index < -0.39 is 0 Å². The number of halogens is 1. The smallest absolute Gasteiger partial charge is 0.145 e. The topological polar surface area (TPSA) is 41.6 Å². The van der Waals surface area contributed by atoms with E-state index in [1.54, 1.807) is 58.1 Å². The highest BCUT2D eigenvalue weighted by Crippen LogP contribution is 2.53. The first-order chi connectivity index (χ1) is 9.28. The first kappa shape index (κ1) is 13.1. The Morgan fingerprint density at radius 3 is 3.05 bits per heavy atom. The summed E-state index contributed by atoms with van der Waals surface area (Å²) in [4.78, 5) is 5.25. The molecule has 0 aromatic carbocycles. The molecule has 2 aromatic heterocycles. The fourth-order valence-electron chi connectivity index (χ4n) is 1.71.